The molecule has 1 aliphatic carbocycles. The van der Waals surface area contributed by atoms with Crippen molar-refractivity contribution in [3.05, 3.63) is 71.8 Å². The summed E-state index contributed by atoms with van der Waals surface area (Å²) in [6.07, 6.45) is 4.14. The molecule has 3 rings (SSSR count). The fourth-order valence-corrected chi connectivity index (χ4v) is 5.31. The van der Waals surface area contributed by atoms with Crippen LogP contribution in [0.5, 0.6) is 0 Å². The van der Waals surface area contributed by atoms with E-state index in [9.17, 15) is 14.4 Å². The number of esters is 2. The number of carbonyl (C=O) groups excluding carboxylic acids is 3. The number of hydrogen-bond acceptors (Lipinski definition) is 6. The third-order valence-corrected chi connectivity index (χ3v) is 8.59. The van der Waals surface area contributed by atoms with Gasteiger partial charge in [0, 0.05) is 14.0 Å². The van der Waals surface area contributed by atoms with E-state index < -0.39 is 38.3 Å². The van der Waals surface area contributed by atoms with Gasteiger partial charge in [-0.15, -0.1) is 0 Å². The van der Waals surface area contributed by atoms with Gasteiger partial charge < -0.3 is 19.5 Å². The number of nitrogens with one attached hydrogen (secondary N) is 1. The van der Waals surface area contributed by atoms with E-state index in [1.807, 2.05) is 37.3 Å². The molecule has 40 heavy (non-hydrogen) atoms. The number of ether oxygens (including phenoxy) is 3. The van der Waals surface area contributed by atoms with Crippen LogP contribution in [0.3, 0.4) is 0 Å². The molecular formula is C32H43NO6Si. The molecule has 0 aromatic heterocycles. The first kappa shape index (κ1) is 31.1. The number of benzene rings is 2. The lowest BCUT2D eigenvalue weighted by Crippen LogP contribution is -2.43. The Morgan fingerprint density at radius 2 is 1.57 bits per heavy atom. The predicted octanol–water partition coefficient (Wildman–Crippen LogP) is 6.84. The van der Waals surface area contributed by atoms with E-state index >= 15 is 0 Å². The molecule has 8 heteroatoms. The second kappa shape index (κ2) is 14.8. The maximum atomic E-state index is 13.0. The number of carbonyl (C=O) groups is 3. The lowest BCUT2D eigenvalue weighted by molar-refractivity contribution is -0.154. The van der Waals surface area contributed by atoms with Gasteiger partial charge in [-0.3, -0.25) is 4.79 Å². The highest BCUT2D eigenvalue weighted by molar-refractivity contribution is 6.76. The van der Waals surface area contributed by atoms with Crippen LogP contribution in [0.15, 0.2) is 60.7 Å². The Bertz CT molecular complexity index is 1140. The normalized spacial score (nSPS) is 14.2. The van der Waals surface area contributed by atoms with Gasteiger partial charge >= 0.3 is 18.0 Å². The average molecular weight is 566 g/mol. The summed E-state index contributed by atoms with van der Waals surface area (Å²) in [5.74, 6) is -1.10. The lowest BCUT2D eigenvalue weighted by atomic mass is 9.98. The maximum absolute atomic E-state index is 13.0. The molecule has 7 nitrogen and oxygen atoms in total. The minimum atomic E-state index is -1.33. The SMILES string of the molecule is CCC/C=C/[C@H](CC(=O)OCC[Si](C)(C)C)OC(=O)[C@H](CC)NC(=O)OCC1c2ccccc2-c2ccccc21. The predicted molar refractivity (Wildman–Crippen MR) is 160 cm³/mol. The monoisotopic (exact) mass is 565 g/mol. The summed E-state index contributed by atoms with van der Waals surface area (Å²) in [5.41, 5.74) is 4.51. The van der Waals surface area contributed by atoms with E-state index in [1.54, 1.807) is 13.0 Å². The Kier molecular flexibility index (Phi) is 11.6. The van der Waals surface area contributed by atoms with Crippen molar-refractivity contribution in [3.8, 4) is 11.1 Å². The van der Waals surface area contributed by atoms with Gasteiger partial charge in [-0.2, -0.15) is 0 Å². The largest absolute Gasteiger partial charge is 0.466 e. The summed E-state index contributed by atoms with van der Waals surface area (Å²) in [6, 6.07) is 16.2. The van der Waals surface area contributed by atoms with Gasteiger partial charge in [0.2, 0.25) is 0 Å². The van der Waals surface area contributed by atoms with Gasteiger partial charge in [-0.05, 0) is 47.2 Å². The lowest BCUT2D eigenvalue weighted by Gasteiger charge is -2.21. The molecule has 0 bridgehead atoms. The molecule has 2 atom stereocenters. The minimum Gasteiger partial charge on any atom is -0.466 e. The standard InChI is InChI=1S/C32H43NO6Si/c1-6-8-9-14-23(21-30(34)37-19-20-40(3,4)5)39-31(35)29(7-2)33-32(36)38-22-28-26-17-12-10-15-24(26)25-16-11-13-18-27(25)28/h9-18,23,28-29H,6-8,19-22H2,1-5H3,(H,33,36)/b14-9+/t23-,29+/m1/s1. The number of fused-ring (bicyclic) bond motifs is 3. The third kappa shape index (κ3) is 9.08. The number of hydrogen-bond donors (Lipinski definition) is 1. The zero-order chi connectivity index (χ0) is 29.1. The summed E-state index contributed by atoms with van der Waals surface area (Å²) in [7, 11) is -1.33. The quantitative estimate of drug-likeness (QED) is 0.117. The van der Waals surface area contributed by atoms with Crippen molar-refractivity contribution in [1.82, 2.24) is 5.32 Å². The first-order valence-corrected chi connectivity index (χ1v) is 18.0. The van der Waals surface area contributed by atoms with Crippen molar-refractivity contribution < 1.29 is 28.6 Å². The number of allylic oxidation sites excluding steroid dienone is 1. The summed E-state index contributed by atoms with van der Waals surface area (Å²) in [6.45, 7) is 11.0. The van der Waals surface area contributed by atoms with Crippen LogP contribution in [0, 0.1) is 0 Å². The van der Waals surface area contributed by atoms with E-state index in [1.165, 1.54) is 0 Å². The van der Waals surface area contributed by atoms with Gasteiger partial charge in [0.05, 0.1) is 13.0 Å². The smallest absolute Gasteiger partial charge is 0.407 e. The molecule has 0 spiro atoms. The average Bonchev–Trinajstić information content (AvgIpc) is 3.23. The van der Waals surface area contributed by atoms with Crippen LogP contribution >= 0.6 is 0 Å². The molecule has 2 aromatic carbocycles. The topological polar surface area (TPSA) is 90.9 Å². The molecule has 0 unspecified atom stereocenters. The number of unbranched alkanes of at least 4 members (excludes halogenated alkanes) is 1. The zero-order valence-corrected chi connectivity index (χ0v) is 25.4. The Morgan fingerprint density at radius 3 is 2.15 bits per heavy atom. The first-order chi connectivity index (χ1) is 19.1. The molecule has 0 heterocycles. The maximum Gasteiger partial charge on any atom is 0.407 e. The van der Waals surface area contributed by atoms with Crippen molar-refractivity contribution in [2.24, 2.45) is 0 Å². The number of rotatable bonds is 14. The molecular weight excluding hydrogens is 522 g/mol. The Balaban J connectivity index is 1.56. The highest BCUT2D eigenvalue weighted by Gasteiger charge is 2.30. The molecule has 0 fully saturated rings. The van der Waals surface area contributed by atoms with Gasteiger partial charge in [0.15, 0.2) is 0 Å². The van der Waals surface area contributed by atoms with E-state index in [0.717, 1.165) is 41.1 Å². The summed E-state index contributed by atoms with van der Waals surface area (Å²) < 4.78 is 16.7. The Hall–Kier alpha value is -3.39. The van der Waals surface area contributed by atoms with Crippen molar-refractivity contribution >= 4 is 26.1 Å². The molecule has 1 N–H and O–H groups in total. The van der Waals surface area contributed by atoms with Crippen molar-refractivity contribution in [3.63, 3.8) is 0 Å². The molecule has 0 aliphatic heterocycles. The molecule has 0 saturated carbocycles. The van der Waals surface area contributed by atoms with E-state index in [-0.39, 0.29) is 18.9 Å². The van der Waals surface area contributed by atoms with Crippen LogP contribution < -0.4 is 5.32 Å². The van der Waals surface area contributed by atoms with Gasteiger partial charge in [-0.25, -0.2) is 9.59 Å². The van der Waals surface area contributed by atoms with Crippen LogP contribution in [0.4, 0.5) is 4.79 Å². The van der Waals surface area contributed by atoms with E-state index in [0.29, 0.717) is 13.0 Å². The molecule has 216 valence electrons. The second-order valence-corrected chi connectivity index (χ2v) is 17.0. The fourth-order valence-electron chi connectivity index (χ4n) is 4.60. The van der Waals surface area contributed by atoms with Gasteiger partial charge in [0.1, 0.15) is 18.8 Å². The fraction of sp³-hybridized carbons (Fsp3) is 0.469. The highest BCUT2D eigenvalue weighted by Crippen LogP contribution is 2.44. The van der Waals surface area contributed by atoms with Gasteiger partial charge in [0.25, 0.3) is 0 Å². The molecule has 0 radical (unpaired) electrons. The second-order valence-electron chi connectivity index (χ2n) is 11.4. The van der Waals surface area contributed by atoms with Crippen LogP contribution in [-0.4, -0.2) is 51.5 Å². The van der Waals surface area contributed by atoms with Crippen molar-refractivity contribution in [2.75, 3.05) is 13.2 Å². The summed E-state index contributed by atoms with van der Waals surface area (Å²) in [4.78, 5) is 38.2. The number of amides is 1. The first-order valence-electron chi connectivity index (χ1n) is 14.3. The van der Waals surface area contributed by atoms with Crippen LogP contribution in [0.2, 0.25) is 25.7 Å². The minimum absolute atomic E-state index is 0.0704. The third-order valence-electron chi connectivity index (χ3n) is 6.89. The molecule has 2 aromatic rings. The Morgan fingerprint density at radius 1 is 0.950 bits per heavy atom. The van der Waals surface area contributed by atoms with Gasteiger partial charge in [-0.1, -0.05) is 94.5 Å². The zero-order valence-electron chi connectivity index (χ0n) is 24.4. The Labute approximate surface area is 239 Å². The van der Waals surface area contributed by atoms with Crippen LogP contribution in [0.25, 0.3) is 11.1 Å². The number of alkyl carbamates (subject to hydrolysis) is 1. The molecule has 0 saturated heterocycles. The molecule has 1 amide bonds. The van der Waals surface area contributed by atoms with Crippen molar-refractivity contribution in [1.29, 1.82) is 0 Å². The van der Waals surface area contributed by atoms with E-state index in [2.05, 4.69) is 49.2 Å². The van der Waals surface area contributed by atoms with E-state index in [4.69, 9.17) is 14.2 Å². The van der Waals surface area contributed by atoms with Crippen LogP contribution in [0.1, 0.15) is 56.6 Å². The summed E-state index contributed by atoms with van der Waals surface area (Å²) in [5, 5.41) is 2.64. The summed E-state index contributed by atoms with van der Waals surface area (Å²) >= 11 is 0. The highest BCUT2D eigenvalue weighted by atomic mass is 28.3. The molecule has 1 aliphatic rings. The van der Waals surface area contributed by atoms with Crippen LogP contribution in [-0.2, 0) is 23.8 Å². The van der Waals surface area contributed by atoms with Crippen molar-refractivity contribution in [2.45, 2.75) is 83.3 Å².